The van der Waals surface area contributed by atoms with Gasteiger partial charge < -0.3 is 25.2 Å². The maximum atomic E-state index is 10.6. The number of esters is 1. The minimum atomic E-state index is -1.79. The number of carbonyl (C=O) groups excluding carboxylic acids is 1. The standard InChI is InChI=1S/C7H12O3.C4H6O5/c1-6(2)7(9)10-5-3-4-8;5-2(4(8)9)1-3(6)7/h8H,1,3-5H2,2H3;2,5H,1H2,(H,6,7)(H,8,9). The molecule has 0 aromatic rings. The van der Waals surface area contributed by atoms with Crippen molar-refractivity contribution in [1.82, 2.24) is 0 Å². The van der Waals surface area contributed by atoms with Crippen molar-refractivity contribution in [1.29, 1.82) is 0 Å². The average Bonchev–Trinajstić information content (AvgIpc) is 2.28. The highest BCUT2D eigenvalue weighted by Crippen LogP contribution is 1.92. The van der Waals surface area contributed by atoms with Gasteiger partial charge in [0.25, 0.3) is 0 Å². The topological polar surface area (TPSA) is 141 Å². The summed E-state index contributed by atoms with van der Waals surface area (Å²) in [5.41, 5.74) is 0.387. The van der Waals surface area contributed by atoms with Gasteiger partial charge in [0, 0.05) is 18.6 Å². The molecule has 19 heavy (non-hydrogen) atoms. The number of carboxylic acid groups (broad SMARTS) is 2. The molecule has 1 unspecified atom stereocenters. The molecule has 4 N–H and O–H groups in total. The molecule has 0 radical (unpaired) electrons. The largest absolute Gasteiger partial charge is 0.481 e. The van der Waals surface area contributed by atoms with E-state index in [1.165, 1.54) is 0 Å². The van der Waals surface area contributed by atoms with Crippen LogP contribution in [0.3, 0.4) is 0 Å². The molecule has 0 saturated carbocycles. The molecule has 0 aliphatic rings. The fourth-order valence-corrected chi connectivity index (χ4v) is 0.605. The van der Waals surface area contributed by atoms with Crippen LogP contribution in [-0.2, 0) is 19.1 Å². The molecule has 8 nitrogen and oxygen atoms in total. The van der Waals surface area contributed by atoms with Gasteiger partial charge in [-0.15, -0.1) is 0 Å². The summed E-state index contributed by atoms with van der Waals surface area (Å²) in [4.78, 5) is 30.0. The molecule has 0 amide bonds. The molecule has 0 saturated heterocycles. The second kappa shape index (κ2) is 11.2. The van der Waals surface area contributed by atoms with Crippen molar-refractivity contribution in [2.75, 3.05) is 13.2 Å². The Morgan fingerprint density at radius 3 is 2.05 bits per heavy atom. The Morgan fingerprint density at radius 2 is 1.79 bits per heavy atom. The van der Waals surface area contributed by atoms with E-state index in [2.05, 4.69) is 11.3 Å². The Bertz CT molecular complexity index is 323. The summed E-state index contributed by atoms with van der Waals surface area (Å²) < 4.78 is 4.65. The van der Waals surface area contributed by atoms with Gasteiger partial charge in [-0.3, -0.25) is 4.79 Å². The number of hydrogen-bond acceptors (Lipinski definition) is 6. The van der Waals surface area contributed by atoms with Crippen LogP contribution in [0, 0.1) is 0 Å². The van der Waals surface area contributed by atoms with Gasteiger partial charge in [0.2, 0.25) is 0 Å². The number of rotatable bonds is 7. The van der Waals surface area contributed by atoms with Gasteiger partial charge in [-0.05, 0) is 6.92 Å². The van der Waals surface area contributed by atoms with Gasteiger partial charge in [0.1, 0.15) is 0 Å². The first-order valence-electron chi connectivity index (χ1n) is 5.28. The molecule has 8 heteroatoms. The molecule has 0 rings (SSSR count). The molecule has 0 aromatic heterocycles. The number of aliphatic carboxylic acids is 2. The summed E-state index contributed by atoms with van der Waals surface area (Å²) in [6.07, 6.45) is -2.06. The third kappa shape index (κ3) is 14.0. The van der Waals surface area contributed by atoms with E-state index in [1.807, 2.05) is 0 Å². The highest BCUT2D eigenvalue weighted by atomic mass is 16.5. The van der Waals surface area contributed by atoms with Gasteiger partial charge in [-0.1, -0.05) is 6.58 Å². The Hall–Kier alpha value is -1.93. The Kier molecular flexibility index (Phi) is 11.4. The first-order chi connectivity index (χ1) is 8.72. The molecule has 0 fully saturated rings. The predicted octanol–water partition coefficient (Wildman–Crippen LogP) is -0.605. The van der Waals surface area contributed by atoms with E-state index in [-0.39, 0.29) is 13.2 Å². The number of ether oxygens (including phenoxy) is 1. The molecule has 0 aliphatic heterocycles. The Labute approximate surface area is 109 Å². The van der Waals surface area contributed by atoms with Crippen LogP contribution in [0.4, 0.5) is 0 Å². The van der Waals surface area contributed by atoms with Gasteiger partial charge >= 0.3 is 17.9 Å². The van der Waals surface area contributed by atoms with Crippen LogP contribution in [0.5, 0.6) is 0 Å². The number of hydrogen-bond donors (Lipinski definition) is 4. The van der Waals surface area contributed by atoms with E-state index < -0.39 is 30.4 Å². The summed E-state index contributed by atoms with van der Waals surface area (Å²) in [7, 11) is 0. The number of carboxylic acids is 2. The quantitative estimate of drug-likeness (QED) is 0.274. The zero-order valence-electron chi connectivity index (χ0n) is 10.5. The molecule has 1 atom stereocenters. The number of carbonyl (C=O) groups is 3. The number of aliphatic hydroxyl groups excluding tert-OH is 2. The summed E-state index contributed by atoms with van der Waals surface area (Å²) in [6.45, 7) is 5.29. The lowest BCUT2D eigenvalue weighted by atomic mass is 10.3. The lowest BCUT2D eigenvalue weighted by Gasteiger charge is -2.00. The maximum Gasteiger partial charge on any atom is 0.333 e. The minimum Gasteiger partial charge on any atom is -0.481 e. The van der Waals surface area contributed by atoms with E-state index >= 15 is 0 Å². The third-order valence-corrected chi connectivity index (χ3v) is 1.54. The summed E-state index contributed by atoms with van der Waals surface area (Å²) in [5.74, 6) is -3.24. The zero-order valence-corrected chi connectivity index (χ0v) is 10.5. The van der Waals surface area contributed by atoms with Gasteiger partial charge in [0.15, 0.2) is 6.10 Å². The van der Waals surface area contributed by atoms with E-state index in [0.29, 0.717) is 12.0 Å². The normalized spacial score (nSPS) is 10.7. The first-order valence-corrected chi connectivity index (χ1v) is 5.28. The molecule has 0 aromatic carbocycles. The van der Waals surface area contributed by atoms with Crippen molar-refractivity contribution < 1.29 is 39.5 Å². The fraction of sp³-hybridized carbons (Fsp3) is 0.545. The van der Waals surface area contributed by atoms with Crippen molar-refractivity contribution in [3.8, 4) is 0 Å². The second-order valence-electron chi connectivity index (χ2n) is 3.45. The third-order valence-electron chi connectivity index (χ3n) is 1.54. The van der Waals surface area contributed by atoms with Crippen LogP contribution in [-0.4, -0.2) is 57.7 Å². The monoisotopic (exact) mass is 278 g/mol. The average molecular weight is 278 g/mol. The molecule has 110 valence electrons. The number of aliphatic hydroxyl groups is 2. The Balaban J connectivity index is 0. The summed E-state index contributed by atoms with van der Waals surface area (Å²) >= 11 is 0. The SMILES string of the molecule is C=C(C)C(=O)OCCCO.O=C(O)CC(O)C(=O)O. The van der Waals surface area contributed by atoms with Crippen LogP contribution < -0.4 is 0 Å². The van der Waals surface area contributed by atoms with Gasteiger partial charge in [0.05, 0.1) is 13.0 Å². The highest BCUT2D eigenvalue weighted by molar-refractivity contribution is 5.86. The van der Waals surface area contributed by atoms with Gasteiger partial charge in [-0.2, -0.15) is 0 Å². The van der Waals surface area contributed by atoms with Crippen molar-refractivity contribution in [2.24, 2.45) is 0 Å². The molecule has 0 aliphatic carbocycles. The van der Waals surface area contributed by atoms with Crippen molar-refractivity contribution in [3.05, 3.63) is 12.2 Å². The van der Waals surface area contributed by atoms with E-state index in [0.717, 1.165) is 0 Å². The Morgan fingerprint density at radius 1 is 1.26 bits per heavy atom. The molecule has 0 heterocycles. The lowest BCUT2D eigenvalue weighted by Crippen LogP contribution is -2.22. The van der Waals surface area contributed by atoms with Crippen LogP contribution in [0.1, 0.15) is 19.8 Å². The lowest BCUT2D eigenvalue weighted by molar-refractivity contribution is -0.152. The van der Waals surface area contributed by atoms with Gasteiger partial charge in [-0.25, -0.2) is 9.59 Å². The van der Waals surface area contributed by atoms with Crippen LogP contribution in [0.15, 0.2) is 12.2 Å². The van der Waals surface area contributed by atoms with Crippen molar-refractivity contribution in [3.63, 3.8) is 0 Å². The smallest absolute Gasteiger partial charge is 0.333 e. The van der Waals surface area contributed by atoms with E-state index in [4.69, 9.17) is 20.4 Å². The highest BCUT2D eigenvalue weighted by Gasteiger charge is 2.16. The van der Waals surface area contributed by atoms with Crippen molar-refractivity contribution >= 4 is 17.9 Å². The fourth-order valence-electron chi connectivity index (χ4n) is 0.605. The van der Waals surface area contributed by atoms with E-state index in [9.17, 15) is 14.4 Å². The predicted molar refractivity (Wildman–Crippen MR) is 63.4 cm³/mol. The molecule has 0 spiro atoms. The molecular formula is C11H18O8. The molecular weight excluding hydrogens is 260 g/mol. The van der Waals surface area contributed by atoms with Crippen LogP contribution in [0.25, 0.3) is 0 Å². The summed E-state index contributed by atoms with van der Waals surface area (Å²) in [6, 6.07) is 0. The van der Waals surface area contributed by atoms with E-state index in [1.54, 1.807) is 6.92 Å². The maximum absolute atomic E-state index is 10.6. The van der Waals surface area contributed by atoms with Crippen LogP contribution in [0.2, 0.25) is 0 Å². The minimum absolute atomic E-state index is 0.0451. The summed E-state index contributed by atoms with van der Waals surface area (Å²) in [5, 5.41) is 32.4. The van der Waals surface area contributed by atoms with Crippen molar-refractivity contribution in [2.45, 2.75) is 25.9 Å². The zero-order chi connectivity index (χ0) is 15.4. The molecule has 0 bridgehead atoms. The van der Waals surface area contributed by atoms with Crippen LogP contribution >= 0.6 is 0 Å². The first kappa shape index (κ1) is 19.4. The second-order valence-corrected chi connectivity index (χ2v) is 3.45.